The second-order valence-electron chi connectivity index (χ2n) is 4.56. The van der Waals surface area contributed by atoms with E-state index < -0.39 is 5.97 Å². The summed E-state index contributed by atoms with van der Waals surface area (Å²) in [5, 5.41) is 9.91. The molecule has 2 rings (SSSR count). The molecule has 0 aliphatic carbocycles. The zero-order valence-corrected chi connectivity index (χ0v) is 12.2. The van der Waals surface area contributed by atoms with Crippen molar-refractivity contribution in [2.75, 3.05) is 6.54 Å². The van der Waals surface area contributed by atoms with E-state index in [1.165, 1.54) is 0 Å². The van der Waals surface area contributed by atoms with E-state index in [-0.39, 0.29) is 6.04 Å². The largest absolute Gasteiger partial charge is 0.480 e. The summed E-state index contributed by atoms with van der Waals surface area (Å²) in [7, 11) is 0. The van der Waals surface area contributed by atoms with Crippen molar-refractivity contribution < 1.29 is 9.90 Å². The minimum atomic E-state index is -0.722. The molecule has 18 heavy (non-hydrogen) atoms. The fourth-order valence-electron chi connectivity index (χ4n) is 2.33. The fourth-order valence-corrected chi connectivity index (χ4v) is 3.14. The van der Waals surface area contributed by atoms with Crippen molar-refractivity contribution in [3.63, 3.8) is 0 Å². The van der Waals surface area contributed by atoms with Crippen molar-refractivity contribution in [1.29, 1.82) is 0 Å². The SMILES string of the molecule is O=C(O)C1CCCCN1Cc1ccc(Cl)cc1Br. The normalized spacial score (nSPS) is 20.9. The van der Waals surface area contributed by atoms with Gasteiger partial charge in [0.2, 0.25) is 0 Å². The number of nitrogens with zero attached hydrogens (tertiary/aromatic N) is 1. The Balaban J connectivity index is 2.13. The molecule has 1 saturated heterocycles. The average Bonchev–Trinajstić information content (AvgIpc) is 2.33. The summed E-state index contributed by atoms with van der Waals surface area (Å²) in [5.74, 6) is -0.722. The molecule has 1 atom stereocenters. The average molecular weight is 333 g/mol. The Hall–Kier alpha value is -0.580. The van der Waals surface area contributed by atoms with Crippen LogP contribution in [0.4, 0.5) is 0 Å². The van der Waals surface area contributed by atoms with Crippen LogP contribution in [0.5, 0.6) is 0 Å². The lowest BCUT2D eigenvalue weighted by Gasteiger charge is -2.33. The number of aliphatic carboxylic acids is 1. The molecule has 0 radical (unpaired) electrons. The Labute approximate surface area is 120 Å². The number of benzene rings is 1. The maximum absolute atomic E-state index is 11.2. The first-order valence-electron chi connectivity index (χ1n) is 5.98. The number of carbonyl (C=O) groups is 1. The summed E-state index contributed by atoms with van der Waals surface area (Å²) in [6.45, 7) is 1.49. The maximum atomic E-state index is 11.2. The third-order valence-electron chi connectivity index (χ3n) is 3.29. The van der Waals surface area contributed by atoms with Crippen LogP contribution in [-0.4, -0.2) is 28.6 Å². The number of likely N-dealkylation sites (tertiary alicyclic amines) is 1. The number of halogens is 2. The molecule has 0 bridgehead atoms. The van der Waals surface area contributed by atoms with Crippen molar-refractivity contribution in [3.8, 4) is 0 Å². The summed E-state index contributed by atoms with van der Waals surface area (Å²) in [6.07, 6.45) is 2.80. The van der Waals surface area contributed by atoms with Crippen LogP contribution >= 0.6 is 27.5 Å². The molecule has 1 aromatic carbocycles. The zero-order valence-electron chi connectivity index (χ0n) is 9.90. The number of carboxylic acid groups (broad SMARTS) is 1. The highest BCUT2D eigenvalue weighted by molar-refractivity contribution is 9.10. The van der Waals surface area contributed by atoms with Gasteiger partial charge >= 0.3 is 5.97 Å². The van der Waals surface area contributed by atoms with Gasteiger partial charge < -0.3 is 5.11 Å². The standard InChI is InChI=1S/C13H15BrClNO2/c14-11-7-10(15)5-4-9(11)8-16-6-2-1-3-12(16)13(17)18/h4-5,7,12H,1-3,6,8H2,(H,17,18). The van der Waals surface area contributed by atoms with Crippen LogP contribution < -0.4 is 0 Å². The van der Waals surface area contributed by atoms with E-state index in [2.05, 4.69) is 15.9 Å². The van der Waals surface area contributed by atoms with E-state index in [1.807, 2.05) is 23.1 Å². The number of carboxylic acids is 1. The number of piperidine rings is 1. The number of hydrogen-bond acceptors (Lipinski definition) is 2. The van der Waals surface area contributed by atoms with E-state index in [4.69, 9.17) is 11.6 Å². The van der Waals surface area contributed by atoms with Crippen molar-refractivity contribution in [2.24, 2.45) is 0 Å². The topological polar surface area (TPSA) is 40.5 Å². The second-order valence-corrected chi connectivity index (χ2v) is 5.85. The van der Waals surface area contributed by atoms with Gasteiger partial charge in [-0.15, -0.1) is 0 Å². The molecule has 98 valence electrons. The molecular weight excluding hydrogens is 318 g/mol. The van der Waals surface area contributed by atoms with Crippen molar-refractivity contribution in [3.05, 3.63) is 33.3 Å². The predicted molar refractivity (Wildman–Crippen MR) is 74.8 cm³/mol. The molecule has 0 saturated carbocycles. The smallest absolute Gasteiger partial charge is 0.320 e. The third kappa shape index (κ3) is 3.25. The molecule has 1 aliphatic rings. The van der Waals surface area contributed by atoms with E-state index in [1.54, 1.807) is 0 Å². The first-order chi connectivity index (χ1) is 8.58. The Morgan fingerprint density at radius 2 is 2.28 bits per heavy atom. The molecule has 1 fully saturated rings. The van der Waals surface area contributed by atoms with E-state index in [0.717, 1.165) is 35.8 Å². The van der Waals surface area contributed by atoms with Gasteiger partial charge in [-0.2, -0.15) is 0 Å². The molecular formula is C13H15BrClNO2. The van der Waals surface area contributed by atoms with E-state index in [0.29, 0.717) is 11.6 Å². The monoisotopic (exact) mass is 331 g/mol. The quantitative estimate of drug-likeness (QED) is 0.920. The van der Waals surface area contributed by atoms with Crippen molar-refractivity contribution in [2.45, 2.75) is 31.8 Å². The molecule has 0 amide bonds. The van der Waals surface area contributed by atoms with Crippen molar-refractivity contribution >= 4 is 33.5 Å². The highest BCUT2D eigenvalue weighted by Crippen LogP contribution is 2.26. The van der Waals surface area contributed by atoms with Gasteiger partial charge in [-0.3, -0.25) is 9.69 Å². The van der Waals surface area contributed by atoms with Crippen LogP contribution in [0.1, 0.15) is 24.8 Å². The van der Waals surface area contributed by atoms with Gasteiger partial charge in [-0.1, -0.05) is 40.0 Å². The van der Waals surface area contributed by atoms with Crippen LogP contribution in [-0.2, 0) is 11.3 Å². The zero-order chi connectivity index (χ0) is 13.1. The van der Waals surface area contributed by atoms with Gasteiger partial charge in [0.05, 0.1) is 0 Å². The van der Waals surface area contributed by atoms with Gasteiger partial charge in [0.15, 0.2) is 0 Å². The Bertz CT molecular complexity index is 453. The molecule has 1 N–H and O–H groups in total. The molecule has 0 aromatic heterocycles. The van der Waals surface area contributed by atoms with Crippen LogP contribution in [0, 0.1) is 0 Å². The van der Waals surface area contributed by atoms with E-state index >= 15 is 0 Å². The summed E-state index contributed by atoms with van der Waals surface area (Å²) in [5.41, 5.74) is 1.08. The summed E-state index contributed by atoms with van der Waals surface area (Å²) in [4.78, 5) is 13.2. The van der Waals surface area contributed by atoms with Gasteiger partial charge in [-0.05, 0) is 37.1 Å². The van der Waals surface area contributed by atoms with Crippen LogP contribution in [0.25, 0.3) is 0 Å². The molecule has 1 aliphatic heterocycles. The Morgan fingerprint density at radius 3 is 2.94 bits per heavy atom. The lowest BCUT2D eigenvalue weighted by molar-refractivity contribution is -0.144. The number of hydrogen-bond donors (Lipinski definition) is 1. The first kappa shape index (κ1) is 13.8. The van der Waals surface area contributed by atoms with E-state index in [9.17, 15) is 9.90 Å². The lowest BCUT2D eigenvalue weighted by Crippen LogP contribution is -2.44. The van der Waals surface area contributed by atoms with Crippen LogP contribution in [0.2, 0.25) is 5.02 Å². The minimum Gasteiger partial charge on any atom is -0.480 e. The van der Waals surface area contributed by atoms with Gasteiger partial charge in [0.1, 0.15) is 6.04 Å². The molecule has 1 aromatic rings. The molecule has 3 nitrogen and oxygen atoms in total. The molecule has 0 spiro atoms. The second kappa shape index (κ2) is 6.04. The van der Waals surface area contributed by atoms with Gasteiger partial charge in [-0.25, -0.2) is 0 Å². The lowest BCUT2D eigenvalue weighted by atomic mass is 10.0. The number of rotatable bonds is 3. The molecule has 5 heteroatoms. The molecule has 1 heterocycles. The highest BCUT2D eigenvalue weighted by atomic mass is 79.9. The fraction of sp³-hybridized carbons (Fsp3) is 0.462. The summed E-state index contributed by atoms with van der Waals surface area (Å²) in [6, 6.07) is 5.26. The molecule has 1 unspecified atom stereocenters. The summed E-state index contributed by atoms with van der Waals surface area (Å²) < 4.78 is 0.935. The summed E-state index contributed by atoms with van der Waals surface area (Å²) >= 11 is 9.37. The van der Waals surface area contributed by atoms with Crippen molar-refractivity contribution in [1.82, 2.24) is 4.90 Å². The van der Waals surface area contributed by atoms with Crippen LogP contribution in [0.15, 0.2) is 22.7 Å². The highest BCUT2D eigenvalue weighted by Gasteiger charge is 2.28. The van der Waals surface area contributed by atoms with Crippen LogP contribution in [0.3, 0.4) is 0 Å². The third-order valence-corrected chi connectivity index (χ3v) is 4.26. The predicted octanol–water partition coefficient (Wildman–Crippen LogP) is 3.54. The Kier molecular flexibility index (Phi) is 4.65. The minimum absolute atomic E-state index is 0.360. The van der Waals surface area contributed by atoms with Gasteiger partial charge in [0.25, 0.3) is 0 Å². The first-order valence-corrected chi connectivity index (χ1v) is 7.16. The Morgan fingerprint density at radius 1 is 1.50 bits per heavy atom. The van der Waals surface area contributed by atoms with Gasteiger partial charge in [0, 0.05) is 16.0 Å². The maximum Gasteiger partial charge on any atom is 0.320 e.